The van der Waals surface area contributed by atoms with Gasteiger partial charge in [-0.25, -0.2) is 4.39 Å². The van der Waals surface area contributed by atoms with Crippen molar-refractivity contribution in [3.8, 4) is 6.07 Å². The molecule has 1 heterocycles. The Morgan fingerprint density at radius 1 is 1.28 bits per heavy atom. The number of nitrogens with one attached hydrogen (secondary N) is 2. The quantitative estimate of drug-likeness (QED) is 0.568. The third-order valence-corrected chi connectivity index (χ3v) is 3.97. The van der Waals surface area contributed by atoms with Crippen molar-refractivity contribution in [1.82, 2.24) is 10.3 Å². The molecule has 0 aliphatic rings. The van der Waals surface area contributed by atoms with Crippen molar-refractivity contribution < 1.29 is 4.39 Å². The normalized spacial score (nSPS) is 11.0. The lowest BCUT2D eigenvalue weighted by Crippen LogP contribution is -2.05. The fraction of sp³-hybridized carbons (Fsp3) is 0.250. The first-order chi connectivity index (χ1) is 12.2. The Hall–Kier alpha value is -3.00. The van der Waals surface area contributed by atoms with Crippen molar-refractivity contribution in [1.29, 1.82) is 10.7 Å². The summed E-state index contributed by atoms with van der Waals surface area (Å²) in [5, 5.41) is 19.0. The highest BCUT2D eigenvalue weighted by Gasteiger charge is 2.05. The molecule has 0 fully saturated rings. The van der Waals surface area contributed by atoms with Gasteiger partial charge in [-0.2, -0.15) is 5.26 Å². The maximum Gasteiger partial charge on any atom is 0.127 e. The summed E-state index contributed by atoms with van der Waals surface area (Å²) in [7, 11) is 1.81. The van der Waals surface area contributed by atoms with Gasteiger partial charge < -0.3 is 10.7 Å². The zero-order valence-corrected chi connectivity index (χ0v) is 14.2. The molecule has 2 rings (SSSR count). The van der Waals surface area contributed by atoms with Crippen molar-refractivity contribution >= 4 is 11.9 Å². The van der Waals surface area contributed by atoms with E-state index in [2.05, 4.69) is 16.4 Å². The Morgan fingerprint density at radius 2 is 2.08 bits per heavy atom. The van der Waals surface area contributed by atoms with Crippen molar-refractivity contribution in [2.45, 2.75) is 25.7 Å². The van der Waals surface area contributed by atoms with Gasteiger partial charge in [0.2, 0.25) is 0 Å². The van der Waals surface area contributed by atoms with Gasteiger partial charge in [-0.05, 0) is 61.1 Å². The number of rotatable bonds is 8. The number of halogens is 1. The van der Waals surface area contributed by atoms with Gasteiger partial charge in [0.25, 0.3) is 0 Å². The van der Waals surface area contributed by atoms with Crippen LogP contribution in [0.15, 0.2) is 42.7 Å². The van der Waals surface area contributed by atoms with Gasteiger partial charge in [0.1, 0.15) is 5.82 Å². The molecule has 0 amide bonds. The number of aromatic nitrogens is 1. The fourth-order valence-electron chi connectivity index (χ4n) is 2.64. The van der Waals surface area contributed by atoms with Crippen LogP contribution in [0.1, 0.15) is 35.1 Å². The maximum absolute atomic E-state index is 13.8. The van der Waals surface area contributed by atoms with E-state index in [0.29, 0.717) is 17.5 Å². The van der Waals surface area contributed by atoms with Gasteiger partial charge in [-0.3, -0.25) is 4.98 Å². The first kappa shape index (κ1) is 18.3. The van der Waals surface area contributed by atoms with Gasteiger partial charge in [0, 0.05) is 36.9 Å². The SMILES string of the molecule is CN/C(=C\C=N)c1cncc(CCCCc2ccc(C#N)cc2F)c1. The van der Waals surface area contributed by atoms with E-state index in [9.17, 15) is 4.39 Å². The molecule has 0 aliphatic carbocycles. The highest BCUT2D eigenvalue weighted by atomic mass is 19.1. The molecule has 0 spiro atoms. The Labute approximate surface area is 147 Å². The van der Waals surface area contributed by atoms with Crippen LogP contribution in [-0.2, 0) is 12.8 Å². The highest BCUT2D eigenvalue weighted by Crippen LogP contribution is 2.16. The van der Waals surface area contributed by atoms with Crippen LogP contribution in [0.2, 0.25) is 0 Å². The molecule has 1 aromatic heterocycles. The molecule has 0 aliphatic heterocycles. The first-order valence-electron chi connectivity index (χ1n) is 8.19. The number of aryl methyl sites for hydroxylation is 2. The van der Waals surface area contributed by atoms with Crippen LogP contribution in [0, 0.1) is 22.6 Å². The van der Waals surface area contributed by atoms with E-state index >= 15 is 0 Å². The molecule has 0 unspecified atom stereocenters. The van der Waals surface area contributed by atoms with Crippen molar-refractivity contribution in [2.24, 2.45) is 0 Å². The van der Waals surface area contributed by atoms with Crippen LogP contribution in [0.4, 0.5) is 4.39 Å². The summed E-state index contributed by atoms with van der Waals surface area (Å²) in [5.41, 5.74) is 3.91. The second kappa shape index (κ2) is 9.33. The number of hydrogen-bond acceptors (Lipinski definition) is 4. The minimum atomic E-state index is -0.307. The van der Waals surface area contributed by atoms with Gasteiger partial charge >= 0.3 is 0 Å². The highest BCUT2D eigenvalue weighted by molar-refractivity contribution is 5.81. The summed E-state index contributed by atoms with van der Waals surface area (Å²) >= 11 is 0. The van der Waals surface area contributed by atoms with E-state index in [1.807, 2.05) is 19.3 Å². The molecule has 5 heteroatoms. The minimum Gasteiger partial charge on any atom is -0.388 e. The van der Waals surface area contributed by atoms with Gasteiger partial charge in [0.15, 0.2) is 0 Å². The second-order valence-electron chi connectivity index (χ2n) is 5.70. The lowest BCUT2D eigenvalue weighted by Gasteiger charge is -2.08. The van der Waals surface area contributed by atoms with Crippen LogP contribution in [0.3, 0.4) is 0 Å². The number of nitrogens with zero attached hydrogens (tertiary/aromatic N) is 2. The summed E-state index contributed by atoms with van der Waals surface area (Å²) in [6.07, 6.45) is 9.83. The third kappa shape index (κ3) is 5.25. The van der Waals surface area contributed by atoms with E-state index in [1.54, 1.807) is 24.4 Å². The summed E-state index contributed by atoms with van der Waals surface area (Å²) in [5.74, 6) is -0.307. The lowest BCUT2D eigenvalue weighted by molar-refractivity contribution is 0.599. The standard InChI is InChI=1S/C20H21FN4/c1-24-20(8-9-22)18-10-16(13-25-14-18)4-2-3-5-17-7-6-15(12-23)11-19(17)21/h6-11,13-14,22,24H,2-5H2,1H3/b20-8-,22-9?. The number of allylic oxidation sites excluding steroid dienone is 1. The molecule has 25 heavy (non-hydrogen) atoms. The van der Waals surface area contributed by atoms with Crippen LogP contribution in [0.25, 0.3) is 5.70 Å². The van der Waals surface area contributed by atoms with E-state index in [-0.39, 0.29) is 5.82 Å². The monoisotopic (exact) mass is 336 g/mol. The van der Waals surface area contributed by atoms with Crippen LogP contribution < -0.4 is 5.32 Å². The molecule has 128 valence electrons. The fourth-order valence-corrected chi connectivity index (χ4v) is 2.64. The predicted molar refractivity (Wildman–Crippen MR) is 97.8 cm³/mol. The summed E-state index contributed by atoms with van der Waals surface area (Å²) < 4.78 is 13.8. The molecular formula is C20H21FN4. The largest absolute Gasteiger partial charge is 0.388 e. The smallest absolute Gasteiger partial charge is 0.127 e. The van der Waals surface area contributed by atoms with E-state index in [1.165, 1.54) is 12.3 Å². The summed E-state index contributed by atoms with van der Waals surface area (Å²) in [6, 6.07) is 8.63. The minimum absolute atomic E-state index is 0.307. The van der Waals surface area contributed by atoms with Gasteiger partial charge in [0.05, 0.1) is 11.6 Å². The number of nitriles is 1. The molecule has 0 bridgehead atoms. The molecule has 0 radical (unpaired) electrons. The molecule has 2 N–H and O–H groups in total. The van der Waals surface area contributed by atoms with Gasteiger partial charge in [-0.15, -0.1) is 0 Å². The van der Waals surface area contributed by atoms with Crippen LogP contribution in [0.5, 0.6) is 0 Å². The Bertz CT molecular complexity index is 806. The summed E-state index contributed by atoms with van der Waals surface area (Å²) in [4.78, 5) is 4.26. The lowest BCUT2D eigenvalue weighted by atomic mass is 10.0. The molecule has 0 saturated heterocycles. The van der Waals surface area contributed by atoms with E-state index in [0.717, 1.165) is 36.1 Å². The number of hydrogen-bond donors (Lipinski definition) is 2. The molecule has 4 nitrogen and oxygen atoms in total. The Balaban J connectivity index is 1.91. The maximum atomic E-state index is 13.8. The van der Waals surface area contributed by atoms with Gasteiger partial charge in [-0.1, -0.05) is 6.07 Å². The van der Waals surface area contributed by atoms with Crippen molar-refractivity contribution in [2.75, 3.05) is 7.05 Å². The third-order valence-electron chi connectivity index (χ3n) is 3.97. The average molecular weight is 336 g/mol. The Kier molecular flexibility index (Phi) is 6.85. The predicted octanol–water partition coefficient (Wildman–Crippen LogP) is 3.87. The second-order valence-corrected chi connectivity index (χ2v) is 5.70. The molecule has 0 atom stereocenters. The molecule has 0 saturated carbocycles. The zero-order chi connectivity index (χ0) is 18.1. The summed E-state index contributed by atoms with van der Waals surface area (Å²) in [6.45, 7) is 0. The zero-order valence-electron chi connectivity index (χ0n) is 14.2. The molecule has 1 aromatic carbocycles. The average Bonchev–Trinajstić information content (AvgIpc) is 2.64. The van der Waals surface area contributed by atoms with Crippen molar-refractivity contribution in [3.63, 3.8) is 0 Å². The number of unbranched alkanes of at least 4 members (excludes halogenated alkanes) is 1. The molecular weight excluding hydrogens is 315 g/mol. The Morgan fingerprint density at radius 3 is 2.76 bits per heavy atom. The van der Waals surface area contributed by atoms with Crippen LogP contribution >= 0.6 is 0 Å². The van der Waals surface area contributed by atoms with E-state index in [4.69, 9.17) is 10.7 Å². The van der Waals surface area contributed by atoms with Crippen molar-refractivity contribution in [3.05, 3.63) is 70.8 Å². The van der Waals surface area contributed by atoms with Crippen LogP contribution in [-0.4, -0.2) is 18.2 Å². The first-order valence-corrected chi connectivity index (χ1v) is 8.19. The van der Waals surface area contributed by atoms with E-state index < -0.39 is 0 Å². The molecule has 2 aromatic rings. The topological polar surface area (TPSA) is 72.6 Å². The number of benzene rings is 1. The number of pyridine rings is 1.